The van der Waals surface area contributed by atoms with E-state index in [9.17, 15) is 4.79 Å². The molecule has 0 aliphatic rings. The fourth-order valence-electron chi connectivity index (χ4n) is 1.68. The Morgan fingerprint density at radius 3 is 2.79 bits per heavy atom. The molecule has 1 aromatic heterocycles. The number of aryl methyl sites for hydroxylation is 1. The summed E-state index contributed by atoms with van der Waals surface area (Å²) in [6.07, 6.45) is 1.53. The number of amides is 1. The van der Waals surface area contributed by atoms with Crippen molar-refractivity contribution in [3.8, 4) is 0 Å². The highest BCUT2D eigenvalue weighted by Gasteiger charge is 2.11. The van der Waals surface area contributed by atoms with Crippen LogP contribution in [0.5, 0.6) is 0 Å². The average Bonchev–Trinajstić information content (AvgIpc) is 2.38. The van der Waals surface area contributed by atoms with E-state index in [2.05, 4.69) is 24.0 Å². The van der Waals surface area contributed by atoms with Gasteiger partial charge in [0.1, 0.15) is 5.03 Å². The molecule has 19 heavy (non-hydrogen) atoms. The molecular weight excluding hydrogens is 258 g/mol. The van der Waals surface area contributed by atoms with Crippen molar-refractivity contribution in [3.63, 3.8) is 0 Å². The Labute approximate surface area is 116 Å². The quantitative estimate of drug-likeness (QED) is 0.838. The number of thioether (sulfide) groups is 1. The Bertz CT molecular complexity index is 613. The largest absolute Gasteiger partial charge is 0.397 e. The van der Waals surface area contributed by atoms with E-state index in [1.807, 2.05) is 12.1 Å². The molecule has 0 aliphatic carbocycles. The Kier molecular flexibility index (Phi) is 4.06. The van der Waals surface area contributed by atoms with Crippen LogP contribution in [0.2, 0.25) is 0 Å². The van der Waals surface area contributed by atoms with Crippen molar-refractivity contribution in [2.45, 2.75) is 17.7 Å². The topological polar surface area (TPSA) is 82.0 Å². The number of nitrogens with two attached hydrogens (primary N) is 2. The van der Waals surface area contributed by atoms with E-state index < -0.39 is 5.91 Å². The molecule has 2 rings (SSSR count). The molecule has 0 saturated carbocycles. The van der Waals surface area contributed by atoms with E-state index in [1.54, 1.807) is 6.07 Å². The van der Waals surface area contributed by atoms with Gasteiger partial charge in [-0.2, -0.15) is 0 Å². The van der Waals surface area contributed by atoms with Crippen LogP contribution in [0.4, 0.5) is 5.69 Å². The number of hydrogen-bond donors (Lipinski definition) is 2. The molecule has 0 spiro atoms. The summed E-state index contributed by atoms with van der Waals surface area (Å²) in [5.41, 5.74) is 14.2. The number of aromatic nitrogens is 1. The second kappa shape index (κ2) is 5.75. The van der Waals surface area contributed by atoms with Crippen LogP contribution in [0.1, 0.15) is 21.5 Å². The Balaban J connectivity index is 2.20. The summed E-state index contributed by atoms with van der Waals surface area (Å²) in [6, 6.07) is 9.68. The summed E-state index contributed by atoms with van der Waals surface area (Å²) in [4.78, 5) is 15.5. The summed E-state index contributed by atoms with van der Waals surface area (Å²) in [5.74, 6) is 0.233. The van der Waals surface area contributed by atoms with Crippen molar-refractivity contribution >= 4 is 23.4 Å². The van der Waals surface area contributed by atoms with E-state index in [0.717, 1.165) is 5.75 Å². The number of anilines is 1. The third kappa shape index (κ3) is 3.26. The van der Waals surface area contributed by atoms with Crippen molar-refractivity contribution in [1.82, 2.24) is 4.98 Å². The molecule has 1 amide bonds. The number of rotatable bonds is 4. The zero-order valence-electron chi connectivity index (χ0n) is 10.6. The summed E-state index contributed by atoms with van der Waals surface area (Å²) in [5, 5.41) is 0.616. The summed E-state index contributed by atoms with van der Waals surface area (Å²) in [6.45, 7) is 2.06. The lowest BCUT2D eigenvalue weighted by molar-refractivity contribution is 0.0997. The average molecular weight is 273 g/mol. The molecule has 0 atom stereocenters. The number of benzene rings is 1. The summed E-state index contributed by atoms with van der Waals surface area (Å²) >= 11 is 1.48. The third-order valence-corrected chi connectivity index (χ3v) is 3.82. The maximum absolute atomic E-state index is 11.4. The number of nitrogen functional groups attached to an aromatic ring is 1. The Hall–Kier alpha value is -2.01. The Morgan fingerprint density at radius 1 is 1.37 bits per heavy atom. The van der Waals surface area contributed by atoms with Gasteiger partial charge < -0.3 is 11.5 Å². The molecule has 0 fully saturated rings. The minimum absolute atomic E-state index is 0.374. The highest BCUT2D eigenvalue weighted by molar-refractivity contribution is 7.98. The van der Waals surface area contributed by atoms with Crippen LogP contribution in [0.3, 0.4) is 0 Å². The van der Waals surface area contributed by atoms with Crippen molar-refractivity contribution in [1.29, 1.82) is 0 Å². The lowest BCUT2D eigenvalue weighted by Crippen LogP contribution is -2.13. The third-order valence-electron chi connectivity index (χ3n) is 2.76. The van der Waals surface area contributed by atoms with Gasteiger partial charge in [-0.3, -0.25) is 4.79 Å². The maximum atomic E-state index is 11.4. The minimum Gasteiger partial charge on any atom is -0.397 e. The van der Waals surface area contributed by atoms with Crippen LogP contribution in [0, 0.1) is 6.92 Å². The molecule has 4 N–H and O–H groups in total. The van der Waals surface area contributed by atoms with Gasteiger partial charge in [0.25, 0.3) is 5.91 Å². The van der Waals surface area contributed by atoms with Crippen LogP contribution in [-0.2, 0) is 5.75 Å². The first kappa shape index (κ1) is 13.4. The molecule has 2 aromatic rings. The van der Waals surface area contributed by atoms with Gasteiger partial charge in [0.05, 0.1) is 17.4 Å². The van der Waals surface area contributed by atoms with Gasteiger partial charge in [0.15, 0.2) is 0 Å². The highest BCUT2D eigenvalue weighted by Crippen LogP contribution is 2.26. The molecule has 98 valence electrons. The second-order valence-corrected chi connectivity index (χ2v) is 5.16. The number of pyridine rings is 1. The van der Waals surface area contributed by atoms with Gasteiger partial charge in [-0.15, -0.1) is 11.8 Å². The lowest BCUT2D eigenvalue weighted by Gasteiger charge is -2.08. The number of carbonyl (C=O) groups is 1. The van der Waals surface area contributed by atoms with Gasteiger partial charge in [0, 0.05) is 5.75 Å². The number of primary amides is 1. The first-order valence-electron chi connectivity index (χ1n) is 5.80. The molecule has 4 nitrogen and oxygen atoms in total. The van der Waals surface area contributed by atoms with Crippen LogP contribution in [0.25, 0.3) is 0 Å². The normalized spacial score (nSPS) is 10.4. The first-order chi connectivity index (χ1) is 9.08. The number of carbonyl (C=O) groups excluding carboxylic acids is 1. The molecule has 0 bridgehead atoms. The molecular formula is C14H15N3OS. The molecule has 1 heterocycles. The van der Waals surface area contributed by atoms with Gasteiger partial charge >= 0.3 is 0 Å². The summed E-state index contributed by atoms with van der Waals surface area (Å²) in [7, 11) is 0. The van der Waals surface area contributed by atoms with Gasteiger partial charge in [-0.1, -0.05) is 24.3 Å². The van der Waals surface area contributed by atoms with Crippen LogP contribution in [0.15, 0.2) is 41.6 Å². The van der Waals surface area contributed by atoms with Crippen LogP contribution >= 0.6 is 11.8 Å². The fourth-order valence-corrected chi connectivity index (χ4v) is 2.74. The van der Waals surface area contributed by atoms with Crippen molar-refractivity contribution in [2.75, 3.05) is 5.73 Å². The zero-order chi connectivity index (χ0) is 13.8. The predicted octanol–water partition coefficient (Wildman–Crippen LogP) is 2.36. The van der Waals surface area contributed by atoms with Crippen molar-refractivity contribution in [3.05, 3.63) is 53.2 Å². The van der Waals surface area contributed by atoms with E-state index in [4.69, 9.17) is 11.5 Å². The zero-order valence-corrected chi connectivity index (χ0v) is 11.4. The maximum Gasteiger partial charge on any atom is 0.251 e. The van der Waals surface area contributed by atoms with Crippen LogP contribution in [-0.4, -0.2) is 10.9 Å². The molecule has 5 heteroatoms. The monoisotopic (exact) mass is 273 g/mol. The SMILES string of the molecule is Cc1ccccc1CSc1ncc(N)cc1C(N)=O. The van der Waals surface area contributed by atoms with Crippen molar-refractivity contribution in [2.24, 2.45) is 5.73 Å². The standard InChI is InChI=1S/C14H15N3OS/c1-9-4-2-3-5-10(9)8-19-14-12(13(16)18)6-11(15)7-17-14/h2-7H,8,15H2,1H3,(H2,16,18). The molecule has 0 unspecified atom stereocenters. The predicted molar refractivity (Wildman–Crippen MR) is 77.9 cm³/mol. The van der Waals surface area contributed by atoms with E-state index in [1.165, 1.54) is 29.1 Å². The molecule has 0 aliphatic heterocycles. The van der Waals surface area contributed by atoms with Gasteiger partial charge in [0.2, 0.25) is 0 Å². The highest BCUT2D eigenvalue weighted by atomic mass is 32.2. The lowest BCUT2D eigenvalue weighted by atomic mass is 10.1. The first-order valence-corrected chi connectivity index (χ1v) is 6.79. The van der Waals surface area contributed by atoms with Crippen molar-refractivity contribution < 1.29 is 4.79 Å². The molecule has 0 radical (unpaired) electrons. The second-order valence-electron chi connectivity index (χ2n) is 4.20. The van der Waals surface area contributed by atoms with E-state index in [-0.39, 0.29) is 0 Å². The van der Waals surface area contributed by atoms with E-state index in [0.29, 0.717) is 16.3 Å². The molecule has 0 saturated heterocycles. The van der Waals surface area contributed by atoms with E-state index >= 15 is 0 Å². The minimum atomic E-state index is -0.507. The fraction of sp³-hybridized carbons (Fsp3) is 0.143. The van der Waals surface area contributed by atoms with Gasteiger partial charge in [-0.05, 0) is 24.1 Å². The smallest absolute Gasteiger partial charge is 0.251 e. The van der Waals surface area contributed by atoms with Gasteiger partial charge in [-0.25, -0.2) is 4.98 Å². The molecule has 1 aromatic carbocycles. The number of nitrogens with zero attached hydrogens (tertiary/aromatic N) is 1. The Morgan fingerprint density at radius 2 is 2.11 bits per heavy atom. The van der Waals surface area contributed by atoms with Crippen LogP contribution < -0.4 is 11.5 Å². The number of hydrogen-bond acceptors (Lipinski definition) is 4. The summed E-state index contributed by atoms with van der Waals surface area (Å²) < 4.78 is 0.